The van der Waals surface area contributed by atoms with Crippen molar-refractivity contribution in [2.24, 2.45) is 0 Å². The molecule has 7 heteroatoms. The van der Waals surface area contributed by atoms with Gasteiger partial charge in [0.05, 0.1) is 17.8 Å². The van der Waals surface area contributed by atoms with Crippen LogP contribution in [0.15, 0.2) is 18.2 Å². The van der Waals surface area contributed by atoms with E-state index in [1.54, 1.807) is 7.05 Å². The van der Waals surface area contributed by atoms with Crippen LogP contribution in [0.3, 0.4) is 0 Å². The molecule has 1 saturated heterocycles. The van der Waals surface area contributed by atoms with E-state index in [2.05, 4.69) is 0 Å². The summed E-state index contributed by atoms with van der Waals surface area (Å²) in [7, 11) is 1.10. The van der Waals surface area contributed by atoms with Crippen LogP contribution in [0.25, 0.3) is 0 Å². The Morgan fingerprint density at radius 3 is 2.52 bits per heavy atom. The maximum absolute atomic E-state index is 11.2. The van der Waals surface area contributed by atoms with Gasteiger partial charge in [-0.1, -0.05) is 18.2 Å². The van der Waals surface area contributed by atoms with Gasteiger partial charge in [-0.2, -0.15) is 0 Å². The smallest absolute Gasteiger partial charge is 0.494 e. The summed E-state index contributed by atoms with van der Waals surface area (Å²) < 4.78 is 18.3. The van der Waals surface area contributed by atoms with Crippen molar-refractivity contribution < 1.29 is 23.9 Å². The summed E-state index contributed by atoms with van der Waals surface area (Å²) in [6.07, 6.45) is -0.132. The Balaban J connectivity index is 1.91. The standard InChI is InChI=1S/C18H26BNO5/c1-17(2)18(3,4)25-19(24-17)14-8-6-7-13-12(9-10-23-15(13)14)11-20(5)16(21)22/h6-8,12H,9-11H2,1-5H3,(H,21,22). The number of ether oxygens (including phenoxy) is 1. The van der Waals surface area contributed by atoms with E-state index in [1.165, 1.54) is 4.90 Å². The number of para-hydroxylation sites is 1. The van der Waals surface area contributed by atoms with Gasteiger partial charge in [0.25, 0.3) is 0 Å². The van der Waals surface area contributed by atoms with Crippen LogP contribution in [0.1, 0.15) is 45.6 Å². The molecule has 0 bridgehead atoms. The van der Waals surface area contributed by atoms with Crippen LogP contribution >= 0.6 is 0 Å². The Hall–Kier alpha value is -1.73. The van der Waals surface area contributed by atoms with E-state index < -0.39 is 24.4 Å². The predicted octanol–water partition coefficient (Wildman–Crippen LogP) is 2.46. The van der Waals surface area contributed by atoms with Crippen LogP contribution in [0.5, 0.6) is 5.75 Å². The van der Waals surface area contributed by atoms with Crippen molar-refractivity contribution in [1.82, 2.24) is 4.90 Å². The van der Waals surface area contributed by atoms with Crippen LogP contribution in [0.2, 0.25) is 0 Å². The van der Waals surface area contributed by atoms with E-state index in [0.29, 0.717) is 13.2 Å². The fourth-order valence-electron chi connectivity index (χ4n) is 3.27. The lowest BCUT2D eigenvalue weighted by molar-refractivity contribution is 0.00578. The monoisotopic (exact) mass is 347 g/mol. The largest absolute Gasteiger partial charge is 0.498 e. The second kappa shape index (κ2) is 6.22. The van der Waals surface area contributed by atoms with Gasteiger partial charge in [-0.05, 0) is 39.7 Å². The average Bonchev–Trinajstić information content (AvgIpc) is 2.75. The Labute approximate surface area is 149 Å². The fraction of sp³-hybridized carbons (Fsp3) is 0.611. The zero-order valence-electron chi connectivity index (χ0n) is 15.5. The second-order valence-electron chi connectivity index (χ2n) is 7.85. The highest BCUT2D eigenvalue weighted by Crippen LogP contribution is 2.39. The average molecular weight is 347 g/mol. The van der Waals surface area contributed by atoms with Gasteiger partial charge in [-0.25, -0.2) is 4.79 Å². The Morgan fingerprint density at radius 2 is 1.92 bits per heavy atom. The van der Waals surface area contributed by atoms with Crippen LogP contribution in [0, 0.1) is 0 Å². The van der Waals surface area contributed by atoms with Gasteiger partial charge in [0.1, 0.15) is 5.75 Å². The predicted molar refractivity (Wildman–Crippen MR) is 95.7 cm³/mol. The molecule has 6 nitrogen and oxygen atoms in total. The van der Waals surface area contributed by atoms with Gasteiger partial charge in [-0.15, -0.1) is 0 Å². The number of hydrogen-bond acceptors (Lipinski definition) is 4. The van der Waals surface area contributed by atoms with Crippen LogP contribution in [-0.2, 0) is 9.31 Å². The molecule has 2 heterocycles. The summed E-state index contributed by atoms with van der Waals surface area (Å²) in [6, 6.07) is 5.93. The first-order chi connectivity index (χ1) is 11.6. The van der Waals surface area contributed by atoms with Crippen molar-refractivity contribution in [3.63, 3.8) is 0 Å². The topological polar surface area (TPSA) is 68.2 Å². The number of nitrogens with zero attached hydrogens (tertiary/aromatic N) is 1. The van der Waals surface area contributed by atoms with Crippen molar-refractivity contribution in [1.29, 1.82) is 0 Å². The van der Waals surface area contributed by atoms with E-state index >= 15 is 0 Å². The maximum atomic E-state index is 11.2. The number of benzene rings is 1. The van der Waals surface area contributed by atoms with Crippen molar-refractivity contribution >= 4 is 18.7 Å². The third-order valence-corrected chi connectivity index (χ3v) is 5.56. The van der Waals surface area contributed by atoms with Gasteiger partial charge < -0.3 is 24.1 Å². The molecule has 1 fully saturated rings. The first-order valence-corrected chi connectivity index (χ1v) is 8.68. The molecule has 0 spiro atoms. The van der Waals surface area contributed by atoms with Crippen molar-refractivity contribution in [3.8, 4) is 5.75 Å². The molecule has 1 amide bonds. The minimum Gasteiger partial charge on any atom is -0.494 e. The van der Waals surface area contributed by atoms with Crippen LogP contribution < -0.4 is 10.2 Å². The zero-order valence-corrected chi connectivity index (χ0v) is 15.5. The summed E-state index contributed by atoms with van der Waals surface area (Å²) >= 11 is 0. The number of amides is 1. The highest BCUT2D eigenvalue weighted by Gasteiger charge is 2.52. The molecule has 0 aliphatic carbocycles. The molecule has 136 valence electrons. The van der Waals surface area contributed by atoms with Crippen molar-refractivity contribution in [2.45, 2.75) is 51.2 Å². The molecule has 0 saturated carbocycles. The molecule has 2 aliphatic heterocycles. The summed E-state index contributed by atoms with van der Waals surface area (Å²) in [5, 5.41) is 9.16. The molecule has 1 atom stereocenters. The van der Waals surface area contributed by atoms with E-state index in [9.17, 15) is 4.79 Å². The SMILES string of the molecule is CN(CC1CCOc2c(B3OC(C)(C)C(C)(C)O3)cccc21)C(=O)O. The van der Waals surface area contributed by atoms with Crippen LogP contribution in [0.4, 0.5) is 4.79 Å². The lowest BCUT2D eigenvalue weighted by Gasteiger charge is -2.32. The zero-order chi connectivity index (χ0) is 18.4. The van der Waals surface area contributed by atoms with Gasteiger partial charge in [0.15, 0.2) is 0 Å². The Morgan fingerprint density at radius 1 is 1.28 bits per heavy atom. The van der Waals surface area contributed by atoms with E-state index in [0.717, 1.165) is 23.2 Å². The fourth-order valence-corrected chi connectivity index (χ4v) is 3.27. The summed E-state index contributed by atoms with van der Waals surface area (Å²) in [5.41, 5.74) is 1.06. The van der Waals surface area contributed by atoms with Crippen molar-refractivity contribution in [2.75, 3.05) is 20.2 Å². The molecule has 1 aromatic rings. The lowest BCUT2D eigenvalue weighted by Crippen LogP contribution is -2.41. The van der Waals surface area contributed by atoms with Gasteiger partial charge in [-0.3, -0.25) is 0 Å². The second-order valence-corrected chi connectivity index (χ2v) is 7.85. The summed E-state index contributed by atoms with van der Waals surface area (Å²) in [6.45, 7) is 9.09. The summed E-state index contributed by atoms with van der Waals surface area (Å²) in [5.74, 6) is 0.878. The minimum atomic E-state index is -0.921. The molecule has 1 aromatic carbocycles. The number of likely N-dealkylation sites (N-methyl/N-ethyl adjacent to an activating group) is 1. The molecule has 25 heavy (non-hydrogen) atoms. The molecular weight excluding hydrogens is 321 g/mol. The number of hydrogen-bond donors (Lipinski definition) is 1. The normalized spacial score (nSPS) is 23.7. The first kappa shape index (κ1) is 18.1. The minimum absolute atomic E-state index is 0.104. The Kier molecular flexibility index (Phi) is 4.49. The van der Waals surface area contributed by atoms with Gasteiger partial charge in [0.2, 0.25) is 0 Å². The number of fused-ring (bicyclic) bond motifs is 1. The summed E-state index contributed by atoms with van der Waals surface area (Å²) in [4.78, 5) is 12.5. The first-order valence-electron chi connectivity index (χ1n) is 8.68. The molecule has 1 unspecified atom stereocenters. The molecule has 3 rings (SSSR count). The molecule has 0 aromatic heterocycles. The van der Waals surface area contributed by atoms with Crippen LogP contribution in [-0.4, -0.2) is 54.6 Å². The third-order valence-electron chi connectivity index (χ3n) is 5.56. The maximum Gasteiger partial charge on any atom is 0.498 e. The molecule has 0 radical (unpaired) electrons. The molecular formula is C18H26BNO5. The van der Waals surface area contributed by atoms with E-state index in [-0.39, 0.29) is 5.92 Å². The Bertz CT molecular complexity index is 659. The van der Waals surface area contributed by atoms with Crippen molar-refractivity contribution in [3.05, 3.63) is 23.8 Å². The highest BCUT2D eigenvalue weighted by molar-refractivity contribution is 6.63. The van der Waals surface area contributed by atoms with E-state index in [4.69, 9.17) is 19.2 Å². The molecule has 2 aliphatic rings. The van der Waals surface area contributed by atoms with Gasteiger partial charge in [0, 0.05) is 25.0 Å². The lowest BCUT2D eigenvalue weighted by atomic mass is 9.75. The number of carbonyl (C=O) groups is 1. The molecule has 1 N–H and O–H groups in total. The number of rotatable bonds is 3. The highest BCUT2D eigenvalue weighted by atomic mass is 16.7. The van der Waals surface area contributed by atoms with Gasteiger partial charge >= 0.3 is 13.2 Å². The number of carboxylic acid groups (broad SMARTS) is 1. The quantitative estimate of drug-likeness (QED) is 0.851. The van der Waals surface area contributed by atoms with E-state index in [1.807, 2.05) is 45.9 Å². The third kappa shape index (κ3) is 3.23.